The summed E-state index contributed by atoms with van der Waals surface area (Å²) in [5, 5.41) is 1.97. The zero-order valence-corrected chi connectivity index (χ0v) is 20.0. The van der Waals surface area contributed by atoms with E-state index in [-0.39, 0.29) is 22.7 Å². The predicted octanol–water partition coefficient (Wildman–Crippen LogP) is 3.65. The number of sulfonamides is 1. The highest BCUT2D eigenvalue weighted by Crippen LogP contribution is 2.27. The van der Waals surface area contributed by atoms with Crippen molar-refractivity contribution < 1.29 is 22.7 Å². The van der Waals surface area contributed by atoms with Crippen LogP contribution in [0.15, 0.2) is 40.6 Å². The minimum atomic E-state index is -3.88. The topological polar surface area (TPSA) is 84.9 Å². The fraction of sp³-hybridized carbons (Fsp3) is 0.500. The molecule has 0 bridgehead atoms. The Labute approximate surface area is 188 Å². The van der Waals surface area contributed by atoms with Crippen LogP contribution in [0.5, 0.6) is 5.75 Å². The highest BCUT2D eigenvalue weighted by Gasteiger charge is 2.29. The molecule has 1 saturated heterocycles. The number of methoxy groups -OCH3 is 1. The van der Waals surface area contributed by atoms with E-state index in [2.05, 4.69) is 4.72 Å². The van der Waals surface area contributed by atoms with E-state index in [0.29, 0.717) is 25.3 Å². The number of rotatable bonds is 8. The fourth-order valence-corrected chi connectivity index (χ4v) is 5.84. The standard InChI is InChI=1S/C22H30N2O5S2/c1-22(2,3)23-31(26,27)20-13-16(9-10-19(20)28-4)21(25)24(14-17-7-5-11-29-17)15-18-8-6-12-30-18/h6,8-10,12-13,17,23H,5,7,11,14-15H2,1-4H3. The third-order valence-electron chi connectivity index (χ3n) is 4.80. The number of benzene rings is 1. The van der Waals surface area contributed by atoms with Crippen molar-refractivity contribution in [2.75, 3.05) is 20.3 Å². The third kappa shape index (κ3) is 6.29. The summed E-state index contributed by atoms with van der Waals surface area (Å²) in [4.78, 5) is 16.2. The second-order valence-corrected chi connectivity index (χ2v) is 11.3. The summed E-state index contributed by atoms with van der Waals surface area (Å²) in [5.41, 5.74) is -0.376. The van der Waals surface area contributed by atoms with Crippen LogP contribution in [-0.2, 0) is 21.3 Å². The Morgan fingerprint density at radius 3 is 2.68 bits per heavy atom. The molecule has 2 aromatic rings. The molecule has 31 heavy (non-hydrogen) atoms. The van der Waals surface area contributed by atoms with Gasteiger partial charge in [0.15, 0.2) is 0 Å². The zero-order chi connectivity index (χ0) is 22.6. The summed E-state index contributed by atoms with van der Waals surface area (Å²) in [7, 11) is -2.47. The molecular formula is C22H30N2O5S2. The van der Waals surface area contributed by atoms with Gasteiger partial charge in [-0.3, -0.25) is 4.79 Å². The van der Waals surface area contributed by atoms with Gasteiger partial charge in [-0.1, -0.05) is 6.07 Å². The monoisotopic (exact) mass is 466 g/mol. The largest absolute Gasteiger partial charge is 0.495 e. The Morgan fingerprint density at radius 1 is 1.32 bits per heavy atom. The summed E-state index contributed by atoms with van der Waals surface area (Å²) in [6, 6.07) is 8.46. The molecule has 2 heterocycles. The van der Waals surface area contributed by atoms with Gasteiger partial charge in [-0.15, -0.1) is 11.3 Å². The number of amides is 1. The van der Waals surface area contributed by atoms with Crippen molar-refractivity contribution >= 4 is 27.3 Å². The SMILES string of the molecule is COc1ccc(C(=O)N(Cc2cccs2)CC2CCCO2)cc1S(=O)(=O)NC(C)(C)C. The lowest BCUT2D eigenvalue weighted by Crippen LogP contribution is -2.40. The molecule has 1 aliphatic heterocycles. The van der Waals surface area contributed by atoms with Gasteiger partial charge in [0.1, 0.15) is 10.6 Å². The number of carbonyl (C=O) groups excluding carboxylic acids is 1. The van der Waals surface area contributed by atoms with Gasteiger partial charge in [-0.05, 0) is 63.3 Å². The summed E-state index contributed by atoms with van der Waals surface area (Å²) in [6.45, 7) is 6.90. The number of nitrogens with one attached hydrogen (secondary N) is 1. The lowest BCUT2D eigenvalue weighted by molar-refractivity contribution is 0.0509. The van der Waals surface area contributed by atoms with E-state index >= 15 is 0 Å². The normalized spacial score (nSPS) is 17.0. The molecule has 1 fully saturated rings. The van der Waals surface area contributed by atoms with Crippen LogP contribution in [-0.4, -0.2) is 51.1 Å². The van der Waals surface area contributed by atoms with Gasteiger partial charge >= 0.3 is 0 Å². The quantitative estimate of drug-likeness (QED) is 0.642. The molecular weight excluding hydrogens is 436 g/mol. The Hall–Kier alpha value is -1.94. The van der Waals surface area contributed by atoms with E-state index in [4.69, 9.17) is 9.47 Å². The molecule has 1 unspecified atom stereocenters. The van der Waals surface area contributed by atoms with E-state index in [1.807, 2.05) is 17.5 Å². The fourth-order valence-electron chi connectivity index (χ4n) is 3.50. The summed E-state index contributed by atoms with van der Waals surface area (Å²) in [6.07, 6.45) is 1.88. The average molecular weight is 467 g/mol. The first-order valence-corrected chi connectivity index (χ1v) is 12.6. The second-order valence-electron chi connectivity index (χ2n) is 8.62. The van der Waals surface area contributed by atoms with Crippen molar-refractivity contribution in [3.8, 4) is 5.75 Å². The van der Waals surface area contributed by atoms with E-state index in [9.17, 15) is 13.2 Å². The molecule has 1 aromatic heterocycles. The number of thiophene rings is 1. The molecule has 7 nitrogen and oxygen atoms in total. The number of ether oxygens (including phenoxy) is 2. The van der Waals surface area contributed by atoms with Crippen molar-refractivity contribution in [2.24, 2.45) is 0 Å². The molecule has 0 saturated carbocycles. The van der Waals surface area contributed by atoms with Crippen molar-refractivity contribution in [1.29, 1.82) is 0 Å². The van der Waals surface area contributed by atoms with Gasteiger partial charge < -0.3 is 14.4 Å². The summed E-state index contributed by atoms with van der Waals surface area (Å²) >= 11 is 1.58. The molecule has 0 aliphatic carbocycles. The lowest BCUT2D eigenvalue weighted by Gasteiger charge is -2.26. The first-order chi connectivity index (χ1) is 14.6. The van der Waals surface area contributed by atoms with Crippen molar-refractivity contribution in [3.05, 3.63) is 46.2 Å². The molecule has 1 amide bonds. The van der Waals surface area contributed by atoms with Crippen LogP contribution in [0.2, 0.25) is 0 Å². The number of hydrogen-bond acceptors (Lipinski definition) is 6. The van der Waals surface area contributed by atoms with Gasteiger partial charge in [0.25, 0.3) is 5.91 Å². The van der Waals surface area contributed by atoms with Crippen LogP contribution >= 0.6 is 11.3 Å². The first-order valence-electron chi connectivity index (χ1n) is 10.2. The smallest absolute Gasteiger partial charge is 0.254 e. The van der Waals surface area contributed by atoms with Gasteiger partial charge in [0, 0.05) is 29.1 Å². The van der Waals surface area contributed by atoms with Crippen LogP contribution in [0.3, 0.4) is 0 Å². The third-order valence-corrected chi connectivity index (χ3v) is 7.44. The summed E-state index contributed by atoms with van der Waals surface area (Å²) in [5.74, 6) is -0.0454. The van der Waals surface area contributed by atoms with Crippen LogP contribution in [0.4, 0.5) is 0 Å². The molecule has 1 N–H and O–H groups in total. The molecule has 3 rings (SSSR count). The minimum Gasteiger partial charge on any atom is -0.495 e. The average Bonchev–Trinajstić information content (AvgIpc) is 3.39. The van der Waals surface area contributed by atoms with Crippen LogP contribution in [0, 0.1) is 0 Å². The molecule has 1 aromatic carbocycles. The van der Waals surface area contributed by atoms with Crippen molar-refractivity contribution in [2.45, 2.75) is 56.7 Å². The number of hydrogen-bond donors (Lipinski definition) is 1. The van der Waals surface area contributed by atoms with Gasteiger partial charge in [-0.2, -0.15) is 0 Å². The highest BCUT2D eigenvalue weighted by atomic mass is 32.2. The highest BCUT2D eigenvalue weighted by molar-refractivity contribution is 7.89. The van der Waals surface area contributed by atoms with Crippen molar-refractivity contribution in [1.82, 2.24) is 9.62 Å². The molecule has 0 spiro atoms. The van der Waals surface area contributed by atoms with Gasteiger partial charge in [-0.25, -0.2) is 13.1 Å². The maximum atomic E-state index is 13.4. The van der Waals surface area contributed by atoms with Crippen LogP contribution in [0.25, 0.3) is 0 Å². The predicted molar refractivity (Wildman–Crippen MR) is 121 cm³/mol. The molecule has 1 aliphatic rings. The van der Waals surface area contributed by atoms with Gasteiger partial charge in [0.2, 0.25) is 10.0 Å². The Balaban J connectivity index is 1.93. The van der Waals surface area contributed by atoms with E-state index in [0.717, 1.165) is 17.7 Å². The zero-order valence-electron chi connectivity index (χ0n) is 18.4. The van der Waals surface area contributed by atoms with E-state index in [1.165, 1.54) is 19.2 Å². The molecule has 170 valence electrons. The van der Waals surface area contributed by atoms with Gasteiger partial charge in [0.05, 0.1) is 19.8 Å². The second kappa shape index (κ2) is 9.68. The summed E-state index contributed by atoms with van der Waals surface area (Å²) < 4.78 is 39.6. The first kappa shape index (κ1) is 23.7. The molecule has 0 radical (unpaired) electrons. The molecule has 1 atom stereocenters. The maximum Gasteiger partial charge on any atom is 0.254 e. The van der Waals surface area contributed by atoms with Crippen molar-refractivity contribution in [3.63, 3.8) is 0 Å². The lowest BCUT2D eigenvalue weighted by atomic mass is 10.1. The molecule has 9 heteroatoms. The van der Waals surface area contributed by atoms with Crippen LogP contribution < -0.4 is 9.46 Å². The van der Waals surface area contributed by atoms with E-state index < -0.39 is 15.6 Å². The van der Waals surface area contributed by atoms with Crippen LogP contribution in [0.1, 0.15) is 48.8 Å². The number of carbonyl (C=O) groups is 1. The maximum absolute atomic E-state index is 13.4. The van der Waals surface area contributed by atoms with E-state index in [1.54, 1.807) is 43.1 Å². The Kier molecular flexibility index (Phi) is 7.41. The minimum absolute atomic E-state index is 0.00655. The number of nitrogens with zero attached hydrogens (tertiary/aromatic N) is 1. The Bertz CT molecular complexity index is 991. The Morgan fingerprint density at radius 2 is 2.10 bits per heavy atom.